The van der Waals surface area contributed by atoms with Gasteiger partial charge in [-0.2, -0.15) is 0 Å². The average Bonchev–Trinajstić information content (AvgIpc) is 3.34. The number of benzene rings is 2. The first-order valence-electron chi connectivity index (χ1n) is 16.4. The molecule has 4 heterocycles. The van der Waals surface area contributed by atoms with E-state index in [-0.39, 0.29) is 24.4 Å². The van der Waals surface area contributed by atoms with Crippen LogP contribution in [0.4, 0.5) is 5.69 Å². The van der Waals surface area contributed by atoms with Crippen molar-refractivity contribution in [2.75, 3.05) is 38.3 Å². The first-order valence-corrected chi connectivity index (χ1v) is 16.4. The number of hydrogen-bond acceptors (Lipinski definition) is 8. The minimum atomic E-state index is -0.540. The molecule has 2 aromatic heterocycles. The zero-order valence-corrected chi connectivity index (χ0v) is 28.0. The molecule has 0 bridgehead atoms. The fraction of sp³-hybridized carbons (Fsp3) is 0.432. The number of aryl methyl sites for hydroxylation is 2. The minimum Gasteiger partial charge on any atom is -0.508 e. The number of carbonyl (C=O) groups excluding carboxylic acids is 2. The van der Waals surface area contributed by atoms with E-state index in [1.807, 2.05) is 19.2 Å². The molecule has 2 aliphatic rings. The van der Waals surface area contributed by atoms with E-state index in [9.17, 15) is 14.7 Å². The molecule has 2 fully saturated rings. The number of esters is 1. The van der Waals surface area contributed by atoms with Crippen molar-refractivity contribution < 1.29 is 24.2 Å². The van der Waals surface area contributed by atoms with Gasteiger partial charge in [0.2, 0.25) is 6.41 Å². The van der Waals surface area contributed by atoms with Gasteiger partial charge in [0.25, 0.3) is 0 Å². The topological polar surface area (TPSA) is 109 Å². The number of rotatable bonds is 11. The van der Waals surface area contributed by atoms with E-state index >= 15 is 0 Å². The van der Waals surface area contributed by atoms with Crippen molar-refractivity contribution in [1.29, 1.82) is 0 Å². The van der Waals surface area contributed by atoms with Gasteiger partial charge in [0.1, 0.15) is 11.8 Å². The Morgan fingerprint density at radius 3 is 2.66 bits per heavy atom. The Morgan fingerprint density at radius 2 is 1.94 bits per heavy atom. The lowest BCUT2D eigenvalue weighted by molar-refractivity contribution is -0.152. The van der Waals surface area contributed by atoms with Crippen molar-refractivity contribution in [3.05, 3.63) is 65.9 Å². The van der Waals surface area contributed by atoms with E-state index in [4.69, 9.17) is 14.5 Å². The molecule has 2 aromatic carbocycles. The summed E-state index contributed by atoms with van der Waals surface area (Å²) in [6.45, 7) is 11.6. The van der Waals surface area contributed by atoms with Crippen LogP contribution in [0.15, 0.2) is 54.7 Å². The van der Waals surface area contributed by atoms with Crippen LogP contribution in [0.1, 0.15) is 44.7 Å². The standard InChI is InChI=1S/C37H45N5O5/c1-6-42-34-10-9-25(26-14-24(2)15-28(44)16-26)17-30(34)31(35(42)33-18-27(11-12-38-33)40-20-29(21-40)46-5)19-37(3,4)22-47-36(45)32-8-7-13-41(23-43)39-32/h9-12,14-18,23,29,32,39,44H,6-8,13,19-22H2,1-5H3/t32-/m0/s1. The fourth-order valence-corrected chi connectivity index (χ4v) is 6.82. The summed E-state index contributed by atoms with van der Waals surface area (Å²) in [4.78, 5) is 31.5. The van der Waals surface area contributed by atoms with Gasteiger partial charge in [-0.05, 0) is 91.8 Å². The van der Waals surface area contributed by atoms with Gasteiger partial charge in [-0.25, -0.2) is 5.43 Å². The second-order valence-electron chi connectivity index (χ2n) is 13.6. The van der Waals surface area contributed by atoms with Crippen LogP contribution in [-0.2, 0) is 32.0 Å². The first-order chi connectivity index (χ1) is 22.6. The third kappa shape index (κ3) is 6.84. The quantitative estimate of drug-likeness (QED) is 0.164. The summed E-state index contributed by atoms with van der Waals surface area (Å²) in [7, 11) is 1.75. The molecule has 2 aliphatic heterocycles. The summed E-state index contributed by atoms with van der Waals surface area (Å²) >= 11 is 0. The summed E-state index contributed by atoms with van der Waals surface area (Å²) in [5.41, 5.74) is 10.8. The third-order valence-corrected chi connectivity index (χ3v) is 9.30. The summed E-state index contributed by atoms with van der Waals surface area (Å²) in [6, 6.07) is 15.8. The number of phenols is 1. The van der Waals surface area contributed by atoms with Crippen LogP contribution in [0.3, 0.4) is 0 Å². The number of amides is 1. The highest BCUT2D eigenvalue weighted by Crippen LogP contribution is 2.40. The van der Waals surface area contributed by atoms with Crippen LogP contribution in [0, 0.1) is 12.3 Å². The predicted octanol–water partition coefficient (Wildman–Crippen LogP) is 5.48. The highest BCUT2D eigenvalue weighted by molar-refractivity contribution is 5.95. The van der Waals surface area contributed by atoms with Crippen LogP contribution in [0.2, 0.25) is 0 Å². The summed E-state index contributed by atoms with van der Waals surface area (Å²) in [5.74, 6) is -0.109. The van der Waals surface area contributed by atoms with E-state index in [2.05, 4.69) is 66.0 Å². The minimum absolute atomic E-state index is 0.217. The Balaban J connectivity index is 1.39. The second kappa shape index (κ2) is 13.4. The van der Waals surface area contributed by atoms with Crippen molar-refractivity contribution in [2.24, 2.45) is 5.41 Å². The maximum atomic E-state index is 13.1. The fourth-order valence-electron chi connectivity index (χ4n) is 6.82. The van der Waals surface area contributed by atoms with Gasteiger partial charge >= 0.3 is 5.97 Å². The third-order valence-electron chi connectivity index (χ3n) is 9.30. The number of aromatic hydroxyl groups is 1. The number of hydrogen-bond donors (Lipinski definition) is 2. The van der Waals surface area contributed by atoms with Gasteiger partial charge in [0.05, 0.1) is 24.1 Å². The number of ether oxygens (including phenoxy) is 2. The van der Waals surface area contributed by atoms with Crippen molar-refractivity contribution in [3.63, 3.8) is 0 Å². The molecule has 0 unspecified atom stereocenters. The van der Waals surface area contributed by atoms with Gasteiger partial charge in [-0.3, -0.25) is 19.6 Å². The number of nitrogens with zero attached hydrogens (tertiary/aromatic N) is 4. The van der Waals surface area contributed by atoms with Crippen LogP contribution in [-0.4, -0.2) is 77.5 Å². The van der Waals surface area contributed by atoms with Crippen molar-refractivity contribution in [2.45, 2.75) is 65.6 Å². The lowest BCUT2D eigenvalue weighted by Crippen LogP contribution is -2.52. The summed E-state index contributed by atoms with van der Waals surface area (Å²) < 4.78 is 13.7. The molecule has 10 heteroatoms. The summed E-state index contributed by atoms with van der Waals surface area (Å²) in [5, 5.41) is 12.9. The lowest BCUT2D eigenvalue weighted by atomic mass is 9.84. The molecule has 1 atom stereocenters. The molecule has 2 N–H and O–H groups in total. The highest BCUT2D eigenvalue weighted by Gasteiger charge is 2.32. The Morgan fingerprint density at radius 1 is 1.13 bits per heavy atom. The normalized spacial score (nSPS) is 17.2. The zero-order chi connectivity index (χ0) is 33.3. The first kappa shape index (κ1) is 32.5. The number of nitrogens with one attached hydrogen (secondary N) is 1. The molecular formula is C37H45N5O5. The zero-order valence-electron chi connectivity index (χ0n) is 28.0. The Kier molecular flexibility index (Phi) is 9.25. The molecule has 6 rings (SSSR count). The van der Waals surface area contributed by atoms with Crippen molar-refractivity contribution in [3.8, 4) is 28.3 Å². The molecule has 4 aromatic rings. The van der Waals surface area contributed by atoms with E-state index in [1.54, 1.807) is 19.2 Å². The maximum Gasteiger partial charge on any atom is 0.324 e. The number of phenolic OH excluding ortho intramolecular Hbond substituents is 1. The van der Waals surface area contributed by atoms with Crippen molar-refractivity contribution >= 4 is 29.0 Å². The maximum absolute atomic E-state index is 13.1. The number of aromatic nitrogens is 2. The second-order valence-corrected chi connectivity index (χ2v) is 13.6. The van der Waals surface area contributed by atoms with Crippen LogP contribution >= 0.6 is 0 Å². The molecule has 1 amide bonds. The van der Waals surface area contributed by atoms with Crippen molar-refractivity contribution in [1.82, 2.24) is 20.0 Å². The molecule has 0 saturated carbocycles. The molecule has 47 heavy (non-hydrogen) atoms. The molecule has 0 aliphatic carbocycles. The molecule has 2 saturated heterocycles. The lowest BCUT2D eigenvalue weighted by Gasteiger charge is -2.40. The summed E-state index contributed by atoms with van der Waals surface area (Å²) in [6.07, 6.45) is 4.81. The molecule has 10 nitrogen and oxygen atoms in total. The Labute approximate surface area is 276 Å². The predicted molar refractivity (Wildman–Crippen MR) is 183 cm³/mol. The highest BCUT2D eigenvalue weighted by atomic mass is 16.5. The number of methoxy groups -OCH3 is 1. The molecular weight excluding hydrogens is 594 g/mol. The van der Waals surface area contributed by atoms with E-state index in [0.717, 1.165) is 76.3 Å². The SMILES string of the molecule is CCn1c(-c2cc(N3CC(OC)C3)ccn2)c(CC(C)(C)COC(=O)[C@@H]2CCCN(C=O)N2)c2cc(-c3cc(C)cc(O)c3)ccc21. The average molecular weight is 640 g/mol. The van der Waals surface area contributed by atoms with Crippen LogP contribution in [0.25, 0.3) is 33.4 Å². The molecule has 0 spiro atoms. The number of pyridine rings is 1. The smallest absolute Gasteiger partial charge is 0.324 e. The van der Waals surface area contributed by atoms with Gasteiger partial charge in [-0.15, -0.1) is 0 Å². The number of fused-ring (bicyclic) bond motifs is 1. The van der Waals surface area contributed by atoms with Gasteiger partial charge in [0.15, 0.2) is 0 Å². The van der Waals surface area contributed by atoms with Crippen LogP contribution in [0.5, 0.6) is 5.75 Å². The molecule has 0 radical (unpaired) electrons. The van der Waals surface area contributed by atoms with Gasteiger partial charge in [0, 0.05) is 61.5 Å². The van der Waals surface area contributed by atoms with E-state index < -0.39 is 11.5 Å². The Bertz CT molecular complexity index is 1760. The monoisotopic (exact) mass is 639 g/mol. The van der Waals surface area contributed by atoms with E-state index in [1.165, 1.54) is 5.01 Å². The number of hydrazine groups is 1. The molecule has 248 valence electrons. The van der Waals surface area contributed by atoms with E-state index in [0.29, 0.717) is 25.8 Å². The Hall–Kier alpha value is -4.41. The van der Waals surface area contributed by atoms with Gasteiger partial charge in [-0.1, -0.05) is 26.0 Å². The largest absolute Gasteiger partial charge is 0.508 e. The number of carbonyl (C=O) groups is 2. The van der Waals surface area contributed by atoms with Crippen LogP contribution < -0.4 is 10.3 Å². The number of anilines is 1. The van der Waals surface area contributed by atoms with Gasteiger partial charge < -0.3 is 24.0 Å².